The Bertz CT molecular complexity index is 1530. The lowest BCUT2D eigenvalue weighted by Crippen LogP contribution is -2.44. The van der Waals surface area contributed by atoms with Gasteiger partial charge in [-0.3, -0.25) is 14.5 Å². The third kappa shape index (κ3) is 10.9. The van der Waals surface area contributed by atoms with Gasteiger partial charge in [-0.25, -0.2) is 10.8 Å². The highest BCUT2D eigenvalue weighted by Crippen LogP contribution is 2.35. The molecule has 0 radical (unpaired) electrons. The molecule has 0 aliphatic carbocycles. The van der Waals surface area contributed by atoms with E-state index < -0.39 is 17.6 Å². The maximum Gasteiger partial charge on any atom is 0.416 e. The number of hydrazine groups is 1. The molecule has 5 rings (SSSR count). The summed E-state index contributed by atoms with van der Waals surface area (Å²) in [5, 5.41) is 7.33. The standard InChI is InChI=1S/C20H22F3N3O.C12H20N6OS/c1-14-3-5-15(6-4-14)19(27)24-17-11-16(20(21,22)23)12-18(13-17)26-9-7-25(2)8-10-26;1-17(14)7-9(13)10-6-15-12(20-10)16-11(19)8-18-4-2-3-5-18/h3-6,11-13H,7-10H2,1-2H3,(H,24,27);6-7H,2-5,8,13-14H2,1H3,(H,15,16,19)/b;9-7-. The van der Waals surface area contributed by atoms with Gasteiger partial charge in [0.25, 0.3) is 5.91 Å². The van der Waals surface area contributed by atoms with Crippen LogP contribution in [0.15, 0.2) is 54.9 Å². The minimum Gasteiger partial charge on any atom is -0.396 e. The zero-order valence-corrected chi connectivity index (χ0v) is 27.6. The number of carbonyl (C=O) groups excluding carboxylic acids is 2. The van der Waals surface area contributed by atoms with Crippen molar-refractivity contribution in [2.45, 2.75) is 25.9 Å². The van der Waals surface area contributed by atoms with Crippen molar-refractivity contribution in [3.8, 4) is 0 Å². The lowest BCUT2D eigenvalue weighted by atomic mass is 10.1. The van der Waals surface area contributed by atoms with E-state index >= 15 is 0 Å². The van der Waals surface area contributed by atoms with Gasteiger partial charge in [-0.15, -0.1) is 0 Å². The molecule has 15 heteroatoms. The number of likely N-dealkylation sites (tertiary alicyclic amines) is 1. The van der Waals surface area contributed by atoms with Gasteiger partial charge in [-0.2, -0.15) is 13.2 Å². The van der Waals surface area contributed by atoms with Crippen molar-refractivity contribution in [1.29, 1.82) is 0 Å². The number of halogens is 3. The quantitative estimate of drug-likeness (QED) is 0.204. The fourth-order valence-electron chi connectivity index (χ4n) is 5.05. The van der Waals surface area contributed by atoms with Crippen LogP contribution in [0.4, 0.5) is 29.7 Å². The average Bonchev–Trinajstić information content (AvgIpc) is 3.70. The summed E-state index contributed by atoms with van der Waals surface area (Å²) >= 11 is 1.33. The molecule has 2 amide bonds. The number of benzene rings is 2. The van der Waals surface area contributed by atoms with E-state index in [1.807, 2.05) is 18.9 Å². The number of amides is 2. The van der Waals surface area contributed by atoms with E-state index in [1.54, 1.807) is 49.8 Å². The molecule has 6 N–H and O–H groups in total. The highest BCUT2D eigenvalue weighted by atomic mass is 32.1. The van der Waals surface area contributed by atoms with E-state index in [0.717, 1.165) is 48.8 Å². The predicted molar refractivity (Wildman–Crippen MR) is 181 cm³/mol. The number of alkyl halides is 3. The van der Waals surface area contributed by atoms with Crippen molar-refractivity contribution >= 4 is 45.4 Å². The molecule has 0 atom stereocenters. The molecule has 11 nitrogen and oxygen atoms in total. The van der Waals surface area contributed by atoms with Crippen LogP contribution in [0, 0.1) is 6.92 Å². The van der Waals surface area contributed by atoms with Crippen molar-refractivity contribution in [2.24, 2.45) is 11.6 Å². The molecule has 2 fully saturated rings. The number of hydrogen-bond donors (Lipinski definition) is 4. The van der Waals surface area contributed by atoms with E-state index in [4.69, 9.17) is 11.6 Å². The second-order valence-corrected chi connectivity index (χ2v) is 12.7. The lowest BCUT2D eigenvalue weighted by molar-refractivity contribution is -0.137. The Morgan fingerprint density at radius 2 is 1.68 bits per heavy atom. The highest BCUT2D eigenvalue weighted by molar-refractivity contribution is 7.16. The number of carbonyl (C=O) groups is 2. The molecular formula is C32H42F3N9O2S. The van der Waals surface area contributed by atoms with Crippen molar-refractivity contribution < 1.29 is 22.8 Å². The minimum atomic E-state index is -4.48. The number of nitrogens with zero attached hydrogens (tertiary/aromatic N) is 5. The van der Waals surface area contributed by atoms with Crippen molar-refractivity contribution in [3.05, 3.63) is 76.4 Å². The number of thiazole rings is 1. The van der Waals surface area contributed by atoms with Gasteiger partial charge in [0.05, 0.1) is 22.7 Å². The Morgan fingerprint density at radius 3 is 2.30 bits per heavy atom. The fourth-order valence-corrected chi connectivity index (χ4v) is 5.81. The third-order valence-corrected chi connectivity index (χ3v) is 8.59. The molecule has 2 aliphatic heterocycles. The molecule has 2 aliphatic rings. The van der Waals surface area contributed by atoms with Crippen LogP contribution in [-0.4, -0.2) is 91.5 Å². The number of rotatable bonds is 8. The van der Waals surface area contributed by atoms with E-state index in [-0.39, 0.29) is 11.6 Å². The molecule has 3 heterocycles. The van der Waals surface area contributed by atoms with Crippen LogP contribution >= 0.6 is 11.3 Å². The highest BCUT2D eigenvalue weighted by Gasteiger charge is 2.32. The first-order valence-electron chi connectivity index (χ1n) is 15.2. The molecule has 0 saturated carbocycles. The van der Waals surface area contributed by atoms with Gasteiger partial charge in [-0.05, 0) is 70.2 Å². The summed E-state index contributed by atoms with van der Waals surface area (Å²) in [5.41, 5.74) is 7.63. The number of nitrogens with two attached hydrogens (primary N) is 2. The van der Waals surface area contributed by atoms with Crippen LogP contribution in [0.25, 0.3) is 5.70 Å². The largest absolute Gasteiger partial charge is 0.416 e. The molecular weight excluding hydrogens is 631 g/mol. The molecule has 3 aromatic rings. The van der Waals surface area contributed by atoms with Gasteiger partial charge in [0, 0.05) is 62.6 Å². The van der Waals surface area contributed by atoms with E-state index in [2.05, 4.69) is 25.4 Å². The average molecular weight is 674 g/mol. The predicted octanol–water partition coefficient (Wildman–Crippen LogP) is 4.26. The SMILES string of the molecule is CN(N)/C=C(\N)c1cnc(NC(=O)CN2CCCC2)s1.Cc1ccc(C(=O)Nc2cc(N3CCN(C)CC3)cc(C(F)(F)F)c2)cc1. The van der Waals surface area contributed by atoms with Crippen LogP contribution in [0.5, 0.6) is 0 Å². The number of aryl methyl sites for hydroxylation is 1. The fraction of sp³-hybridized carbons (Fsp3) is 0.406. The van der Waals surface area contributed by atoms with Gasteiger partial charge in [-0.1, -0.05) is 29.0 Å². The molecule has 2 saturated heterocycles. The van der Waals surface area contributed by atoms with E-state index in [0.29, 0.717) is 41.7 Å². The molecule has 2 aromatic carbocycles. The number of hydrogen-bond acceptors (Lipinski definition) is 10. The van der Waals surface area contributed by atoms with Gasteiger partial charge in [0.15, 0.2) is 5.13 Å². The number of anilines is 3. The van der Waals surface area contributed by atoms with Crippen molar-refractivity contribution in [2.75, 3.05) is 75.4 Å². The van der Waals surface area contributed by atoms with Crippen molar-refractivity contribution in [1.82, 2.24) is 19.8 Å². The Hall–Kier alpha value is -4.18. The molecule has 254 valence electrons. The number of piperazine rings is 1. The van der Waals surface area contributed by atoms with Gasteiger partial charge in [0.2, 0.25) is 5.91 Å². The summed E-state index contributed by atoms with van der Waals surface area (Å²) in [6, 6.07) is 10.6. The monoisotopic (exact) mass is 673 g/mol. The zero-order chi connectivity index (χ0) is 34.1. The van der Waals surface area contributed by atoms with Crippen LogP contribution in [-0.2, 0) is 11.0 Å². The molecule has 1 aromatic heterocycles. The number of aromatic nitrogens is 1. The zero-order valence-electron chi connectivity index (χ0n) is 26.8. The normalized spacial score (nSPS) is 16.0. The van der Waals surface area contributed by atoms with Gasteiger partial charge < -0.3 is 31.2 Å². The third-order valence-electron chi connectivity index (χ3n) is 7.63. The van der Waals surface area contributed by atoms with Crippen LogP contribution in [0.3, 0.4) is 0 Å². The molecule has 47 heavy (non-hydrogen) atoms. The molecule has 0 spiro atoms. The first-order valence-corrected chi connectivity index (χ1v) is 16.1. The summed E-state index contributed by atoms with van der Waals surface area (Å²) in [5.74, 6) is 5.03. The van der Waals surface area contributed by atoms with Crippen LogP contribution < -0.4 is 27.1 Å². The topological polar surface area (TPSA) is 136 Å². The Balaban J connectivity index is 0.000000223. The van der Waals surface area contributed by atoms with E-state index in [1.165, 1.54) is 29.2 Å². The second-order valence-electron chi connectivity index (χ2n) is 11.7. The molecule has 0 unspecified atom stereocenters. The van der Waals surface area contributed by atoms with Gasteiger partial charge >= 0.3 is 6.18 Å². The van der Waals surface area contributed by atoms with Crippen LogP contribution in [0.2, 0.25) is 0 Å². The van der Waals surface area contributed by atoms with E-state index in [9.17, 15) is 22.8 Å². The Morgan fingerprint density at radius 1 is 1.02 bits per heavy atom. The Labute approximate surface area is 277 Å². The summed E-state index contributed by atoms with van der Waals surface area (Å²) in [6.45, 7) is 7.15. The number of likely N-dealkylation sites (N-methyl/N-ethyl adjacent to an activating group) is 1. The number of nitrogens with one attached hydrogen (secondary N) is 2. The lowest BCUT2D eigenvalue weighted by Gasteiger charge is -2.34. The maximum absolute atomic E-state index is 13.3. The maximum atomic E-state index is 13.3. The smallest absolute Gasteiger partial charge is 0.396 e. The second kappa shape index (κ2) is 16.1. The summed E-state index contributed by atoms with van der Waals surface area (Å²) in [6.07, 6.45) is 1.09. The minimum absolute atomic E-state index is 0.0358. The van der Waals surface area contributed by atoms with Crippen LogP contribution in [0.1, 0.15) is 39.2 Å². The van der Waals surface area contributed by atoms with Gasteiger partial charge in [0.1, 0.15) is 0 Å². The molecule has 0 bridgehead atoms. The Kier molecular flexibility index (Phi) is 12.2. The summed E-state index contributed by atoms with van der Waals surface area (Å²) in [7, 11) is 3.67. The first kappa shape index (κ1) is 35.7. The summed E-state index contributed by atoms with van der Waals surface area (Å²) < 4.78 is 40.0. The van der Waals surface area contributed by atoms with Crippen molar-refractivity contribution in [3.63, 3.8) is 0 Å². The summed E-state index contributed by atoms with van der Waals surface area (Å²) in [4.78, 5) is 35.4. The first-order chi connectivity index (χ1) is 22.3.